The summed E-state index contributed by atoms with van der Waals surface area (Å²) in [5.41, 5.74) is 1.60. The maximum absolute atomic E-state index is 12.7. The van der Waals surface area contributed by atoms with Crippen LogP contribution in [0.1, 0.15) is 31.9 Å². The zero-order valence-electron chi connectivity index (χ0n) is 18.5. The lowest BCUT2D eigenvalue weighted by Gasteiger charge is -2.25. The van der Waals surface area contributed by atoms with Crippen LogP contribution in [0.2, 0.25) is 0 Å². The van der Waals surface area contributed by atoms with Crippen molar-refractivity contribution in [2.45, 2.75) is 52.2 Å². The molecule has 3 atom stereocenters. The summed E-state index contributed by atoms with van der Waals surface area (Å²) in [5.74, 6) is -1.60. The van der Waals surface area contributed by atoms with Crippen LogP contribution in [0, 0.1) is 5.92 Å². The first-order valence-corrected chi connectivity index (χ1v) is 10.4. The van der Waals surface area contributed by atoms with Crippen molar-refractivity contribution in [3.05, 3.63) is 71.8 Å². The molecule has 0 unspecified atom stereocenters. The van der Waals surface area contributed by atoms with Crippen LogP contribution < -0.4 is 10.6 Å². The Kier molecular flexibility index (Phi) is 9.69. The summed E-state index contributed by atoms with van der Waals surface area (Å²) < 4.78 is 10.4. The highest BCUT2D eigenvalue weighted by Gasteiger charge is 2.32. The summed E-state index contributed by atoms with van der Waals surface area (Å²) in [4.78, 5) is 37.4. The monoisotopic (exact) mass is 442 g/mol. The molecule has 172 valence electrons. The third-order valence-corrected chi connectivity index (χ3v) is 4.69. The molecular formula is C24H30N2O6. The number of esters is 1. The number of hydrogen-bond donors (Lipinski definition) is 3. The van der Waals surface area contributed by atoms with Gasteiger partial charge in [-0.3, -0.25) is 4.79 Å². The van der Waals surface area contributed by atoms with Gasteiger partial charge in [0.2, 0.25) is 5.91 Å². The van der Waals surface area contributed by atoms with Gasteiger partial charge in [-0.2, -0.15) is 0 Å². The number of aliphatic hydroxyl groups is 1. The number of rotatable bonds is 10. The largest absolute Gasteiger partial charge is 0.459 e. The summed E-state index contributed by atoms with van der Waals surface area (Å²) >= 11 is 0. The Morgan fingerprint density at radius 1 is 0.781 bits per heavy atom. The van der Waals surface area contributed by atoms with Gasteiger partial charge in [-0.25, -0.2) is 9.59 Å². The number of amides is 2. The minimum atomic E-state index is -1.30. The van der Waals surface area contributed by atoms with E-state index in [1.807, 2.05) is 48.5 Å². The van der Waals surface area contributed by atoms with Crippen LogP contribution in [-0.4, -0.2) is 41.3 Å². The number of carbonyl (C=O) groups excluding carboxylic acids is 3. The van der Waals surface area contributed by atoms with Gasteiger partial charge in [-0.15, -0.1) is 0 Å². The van der Waals surface area contributed by atoms with Crippen LogP contribution in [0.15, 0.2) is 60.7 Å². The molecule has 2 aromatic rings. The van der Waals surface area contributed by atoms with E-state index in [4.69, 9.17) is 9.47 Å². The second kappa shape index (κ2) is 12.5. The maximum Gasteiger partial charge on any atom is 0.408 e. The number of carbonyl (C=O) groups is 3. The second-order valence-corrected chi connectivity index (χ2v) is 7.75. The zero-order valence-corrected chi connectivity index (χ0v) is 18.5. The third-order valence-electron chi connectivity index (χ3n) is 4.69. The van der Waals surface area contributed by atoms with Crippen LogP contribution >= 0.6 is 0 Å². The Morgan fingerprint density at radius 2 is 1.28 bits per heavy atom. The molecule has 0 aliphatic rings. The molecule has 0 bridgehead atoms. The fourth-order valence-electron chi connectivity index (χ4n) is 2.86. The SMILES string of the molecule is CC(C)[C@H](NC(=O)[C@H](NC(=O)OCc1ccccc1)[C@@H](C)O)C(=O)OCc1ccccc1. The molecule has 0 saturated heterocycles. The van der Waals surface area contributed by atoms with Crippen LogP contribution in [0.25, 0.3) is 0 Å². The summed E-state index contributed by atoms with van der Waals surface area (Å²) in [6, 6.07) is 16.0. The summed E-state index contributed by atoms with van der Waals surface area (Å²) in [6.07, 6.45) is -2.07. The molecule has 3 N–H and O–H groups in total. The molecule has 0 saturated carbocycles. The number of benzene rings is 2. The Bertz CT molecular complexity index is 871. The van der Waals surface area contributed by atoms with E-state index in [0.717, 1.165) is 11.1 Å². The quantitative estimate of drug-likeness (QED) is 0.487. The molecule has 0 aliphatic heterocycles. The lowest BCUT2D eigenvalue weighted by Crippen LogP contribution is -2.57. The number of hydrogen-bond acceptors (Lipinski definition) is 6. The molecule has 0 fully saturated rings. The number of nitrogens with one attached hydrogen (secondary N) is 2. The highest BCUT2D eigenvalue weighted by molar-refractivity contribution is 5.90. The van der Waals surface area contributed by atoms with E-state index in [9.17, 15) is 19.5 Å². The molecule has 0 heterocycles. The molecular weight excluding hydrogens is 412 g/mol. The van der Waals surface area contributed by atoms with E-state index in [2.05, 4.69) is 10.6 Å². The first-order valence-electron chi connectivity index (χ1n) is 10.4. The predicted octanol–water partition coefficient (Wildman–Crippen LogP) is 2.55. The summed E-state index contributed by atoms with van der Waals surface area (Å²) in [7, 11) is 0. The molecule has 0 radical (unpaired) electrons. The molecule has 2 amide bonds. The third kappa shape index (κ3) is 8.03. The van der Waals surface area contributed by atoms with Gasteiger partial charge in [0.25, 0.3) is 0 Å². The number of ether oxygens (including phenoxy) is 2. The van der Waals surface area contributed by atoms with Crippen molar-refractivity contribution >= 4 is 18.0 Å². The normalized spacial score (nSPS) is 13.5. The van der Waals surface area contributed by atoms with E-state index in [1.54, 1.807) is 26.0 Å². The molecule has 32 heavy (non-hydrogen) atoms. The average Bonchev–Trinajstić information content (AvgIpc) is 2.78. The fraction of sp³-hybridized carbons (Fsp3) is 0.375. The first-order chi connectivity index (χ1) is 15.3. The Morgan fingerprint density at radius 3 is 1.75 bits per heavy atom. The second-order valence-electron chi connectivity index (χ2n) is 7.75. The molecule has 0 aliphatic carbocycles. The standard InChI is InChI=1S/C24H30N2O6/c1-16(2)20(23(29)31-14-18-10-6-4-7-11-18)25-22(28)21(17(3)27)26-24(30)32-15-19-12-8-5-9-13-19/h4-13,16-17,20-21,27H,14-15H2,1-3H3,(H,25,28)(H,26,30)/t17-,20+,21-/m1/s1. The van der Waals surface area contributed by atoms with Gasteiger partial charge in [-0.1, -0.05) is 74.5 Å². The summed E-state index contributed by atoms with van der Waals surface area (Å²) in [5, 5.41) is 14.9. The molecule has 8 heteroatoms. The lowest BCUT2D eigenvalue weighted by atomic mass is 10.0. The van der Waals surface area contributed by atoms with Crippen molar-refractivity contribution in [3.8, 4) is 0 Å². The number of alkyl carbamates (subject to hydrolysis) is 1. The van der Waals surface area contributed by atoms with E-state index in [1.165, 1.54) is 6.92 Å². The van der Waals surface area contributed by atoms with E-state index in [0.29, 0.717) is 0 Å². The minimum Gasteiger partial charge on any atom is -0.459 e. The Balaban J connectivity index is 1.94. The van der Waals surface area contributed by atoms with Gasteiger partial charge in [0, 0.05) is 0 Å². The lowest BCUT2D eigenvalue weighted by molar-refractivity contribution is -0.151. The predicted molar refractivity (Wildman–Crippen MR) is 118 cm³/mol. The number of aliphatic hydroxyl groups excluding tert-OH is 1. The van der Waals surface area contributed by atoms with Crippen LogP contribution in [0.3, 0.4) is 0 Å². The minimum absolute atomic E-state index is 0.0151. The van der Waals surface area contributed by atoms with Crippen molar-refractivity contribution in [1.29, 1.82) is 0 Å². The maximum atomic E-state index is 12.7. The molecule has 8 nitrogen and oxygen atoms in total. The van der Waals surface area contributed by atoms with Gasteiger partial charge < -0.3 is 25.2 Å². The Labute approximate surface area is 187 Å². The molecule has 0 aromatic heterocycles. The Hall–Kier alpha value is -3.39. The van der Waals surface area contributed by atoms with Crippen molar-refractivity contribution in [3.63, 3.8) is 0 Å². The summed E-state index contributed by atoms with van der Waals surface area (Å²) in [6.45, 7) is 4.96. The van der Waals surface area contributed by atoms with Gasteiger partial charge in [0.05, 0.1) is 6.10 Å². The highest BCUT2D eigenvalue weighted by atomic mass is 16.5. The van der Waals surface area contributed by atoms with Crippen LogP contribution in [-0.2, 0) is 32.3 Å². The van der Waals surface area contributed by atoms with Crippen molar-refractivity contribution in [2.75, 3.05) is 0 Å². The zero-order chi connectivity index (χ0) is 23.5. The van der Waals surface area contributed by atoms with E-state index < -0.39 is 36.2 Å². The fourth-order valence-corrected chi connectivity index (χ4v) is 2.86. The first kappa shape index (κ1) is 24.9. The molecule has 2 aromatic carbocycles. The van der Waals surface area contributed by atoms with Crippen molar-refractivity contribution in [2.24, 2.45) is 5.92 Å². The van der Waals surface area contributed by atoms with Crippen molar-refractivity contribution in [1.82, 2.24) is 10.6 Å². The van der Waals surface area contributed by atoms with Gasteiger partial charge in [0.15, 0.2) is 0 Å². The van der Waals surface area contributed by atoms with E-state index in [-0.39, 0.29) is 19.1 Å². The van der Waals surface area contributed by atoms with E-state index >= 15 is 0 Å². The van der Waals surface area contributed by atoms with Crippen LogP contribution in [0.4, 0.5) is 4.79 Å². The van der Waals surface area contributed by atoms with Gasteiger partial charge in [0.1, 0.15) is 25.3 Å². The van der Waals surface area contributed by atoms with Crippen molar-refractivity contribution < 1.29 is 29.0 Å². The average molecular weight is 443 g/mol. The molecule has 2 rings (SSSR count). The van der Waals surface area contributed by atoms with Gasteiger partial charge >= 0.3 is 12.1 Å². The highest BCUT2D eigenvalue weighted by Crippen LogP contribution is 2.09. The van der Waals surface area contributed by atoms with Gasteiger partial charge in [-0.05, 0) is 24.0 Å². The molecule has 0 spiro atoms. The van der Waals surface area contributed by atoms with Crippen LogP contribution in [0.5, 0.6) is 0 Å². The smallest absolute Gasteiger partial charge is 0.408 e. The topological polar surface area (TPSA) is 114 Å².